The van der Waals surface area contributed by atoms with Crippen molar-refractivity contribution in [1.82, 2.24) is 4.98 Å². The lowest BCUT2D eigenvalue weighted by Gasteiger charge is -2.23. The van der Waals surface area contributed by atoms with Crippen molar-refractivity contribution in [3.63, 3.8) is 0 Å². The normalized spacial score (nSPS) is 19.4. The number of aromatic hydroxyl groups is 3. The number of methoxy groups -OCH3 is 1. The number of allylic oxidation sites excluding steroid dienone is 2. The molecule has 6 rings (SSSR count). The number of carbonyl (C=O) groups is 4. The number of phenolic OH excluding ortho intramolecular Hbond substituents is 3. The molecule has 40 heavy (non-hydrogen) atoms. The van der Waals surface area contributed by atoms with Crippen molar-refractivity contribution >= 4 is 51.7 Å². The molecule has 0 fully saturated rings. The summed E-state index contributed by atoms with van der Waals surface area (Å²) in [5.41, 5.74) is -5.50. The number of ketones is 4. The maximum atomic E-state index is 14.0. The van der Waals surface area contributed by atoms with Crippen LogP contribution in [-0.4, -0.2) is 63.9 Å². The minimum absolute atomic E-state index is 0.00132. The Morgan fingerprint density at radius 2 is 1.62 bits per heavy atom. The number of halogens is 1. The molecule has 0 radical (unpaired) electrons. The highest BCUT2D eigenvalue weighted by Crippen LogP contribution is 2.58. The highest BCUT2D eigenvalue weighted by atomic mass is 35.5. The van der Waals surface area contributed by atoms with Crippen molar-refractivity contribution in [2.45, 2.75) is 18.3 Å². The quantitative estimate of drug-likeness (QED) is 0.159. The minimum Gasteiger partial charge on any atom is -0.507 e. The number of benzene rings is 2. The van der Waals surface area contributed by atoms with Crippen LogP contribution in [0.4, 0.5) is 0 Å². The third kappa shape index (κ3) is 2.85. The summed E-state index contributed by atoms with van der Waals surface area (Å²) in [6.45, 7) is 0. The summed E-state index contributed by atoms with van der Waals surface area (Å²) in [5, 5.41) is 36.9. The first-order valence-electron chi connectivity index (χ1n) is 11.7. The summed E-state index contributed by atoms with van der Waals surface area (Å²) in [5.74, 6) is -6.99. The molecule has 0 aliphatic heterocycles. The molecule has 13 heteroatoms. The van der Waals surface area contributed by atoms with Gasteiger partial charge in [-0.05, 0) is 24.5 Å². The summed E-state index contributed by atoms with van der Waals surface area (Å²) in [6.07, 6.45) is 1.78. The van der Waals surface area contributed by atoms with Gasteiger partial charge in [0.05, 0.1) is 51.7 Å². The number of pyridine rings is 1. The molecule has 202 valence electrons. The Bertz CT molecular complexity index is 1920. The van der Waals surface area contributed by atoms with Crippen LogP contribution in [0.1, 0.15) is 64.7 Å². The van der Waals surface area contributed by atoms with Crippen molar-refractivity contribution in [2.24, 2.45) is 5.16 Å². The smallest absolute Gasteiger partial charge is 0.260 e. The standard InChI is InChI=1S/C27H17ClN2O10/c1-39-12-6-11(31)14-15(20(12)32)22(34)17-16(21(14)33)24(36)27(25(17)37)4-3-9-18(27)23(35)13-10(19(9)28)5-8(7-29-40-2)30-26(13)38/h5-7,33-35H,3-4H2,1-2H3,(H,30,38)/b29-7+/t27-/m0/s1. The lowest BCUT2D eigenvalue weighted by atomic mass is 9.76. The highest BCUT2D eigenvalue weighted by Gasteiger charge is 2.62. The molecular formula is C27H17ClN2O10. The van der Waals surface area contributed by atoms with Gasteiger partial charge in [0.25, 0.3) is 5.56 Å². The molecule has 3 aliphatic carbocycles. The van der Waals surface area contributed by atoms with Crippen molar-refractivity contribution in [3.05, 3.63) is 72.4 Å². The van der Waals surface area contributed by atoms with E-state index in [4.69, 9.17) is 16.3 Å². The van der Waals surface area contributed by atoms with Gasteiger partial charge in [-0.3, -0.25) is 24.0 Å². The fourth-order valence-corrected chi connectivity index (χ4v) is 6.32. The SMILES string of the molecule is CO/N=C/c1cc2c(Cl)c3c(c(O)c2c(=O)[nH]1)[C@@]1(CC3)C(=O)c2c(O)c3c(c(O)c2C1=O)C(=O)C(OC)=CC3=O. The van der Waals surface area contributed by atoms with E-state index in [-0.39, 0.29) is 45.5 Å². The van der Waals surface area contributed by atoms with Crippen LogP contribution in [0.25, 0.3) is 10.8 Å². The number of aromatic nitrogens is 1. The molecule has 3 aromatic rings. The van der Waals surface area contributed by atoms with Crippen LogP contribution in [-0.2, 0) is 21.4 Å². The number of hydrogen-bond acceptors (Lipinski definition) is 11. The van der Waals surface area contributed by atoms with E-state index in [0.29, 0.717) is 0 Å². The largest absolute Gasteiger partial charge is 0.507 e. The lowest BCUT2D eigenvalue weighted by Crippen LogP contribution is -2.36. The number of hydrogen-bond donors (Lipinski definition) is 4. The first kappa shape index (κ1) is 25.3. The molecule has 1 atom stereocenters. The zero-order valence-electron chi connectivity index (χ0n) is 20.7. The number of carbonyl (C=O) groups excluding carboxylic acids is 4. The van der Waals surface area contributed by atoms with Crippen LogP contribution in [0, 0.1) is 0 Å². The van der Waals surface area contributed by atoms with Gasteiger partial charge in [-0.1, -0.05) is 16.8 Å². The summed E-state index contributed by atoms with van der Waals surface area (Å²) in [6, 6.07) is 1.43. The molecule has 3 aliphatic rings. The zero-order valence-corrected chi connectivity index (χ0v) is 21.4. The Balaban J connectivity index is 1.64. The van der Waals surface area contributed by atoms with E-state index in [1.165, 1.54) is 19.4 Å². The van der Waals surface area contributed by atoms with Gasteiger partial charge in [-0.25, -0.2) is 0 Å². The van der Waals surface area contributed by atoms with E-state index in [1.54, 1.807) is 0 Å². The Labute approximate surface area is 228 Å². The number of rotatable bonds is 3. The van der Waals surface area contributed by atoms with E-state index in [0.717, 1.165) is 13.2 Å². The molecule has 0 unspecified atom stereocenters. The molecule has 1 heterocycles. The fraction of sp³-hybridized carbons (Fsp3) is 0.185. The van der Waals surface area contributed by atoms with Gasteiger partial charge in [0.15, 0.2) is 23.1 Å². The first-order chi connectivity index (χ1) is 19.0. The number of fused-ring (bicyclic) bond motifs is 5. The first-order valence-corrected chi connectivity index (χ1v) is 12.1. The predicted molar refractivity (Wildman–Crippen MR) is 138 cm³/mol. The molecule has 0 saturated heterocycles. The Morgan fingerprint density at radius 1 is 0.975 bits per heavy atom. The summed E-state index contributed by atoms with van der Waals surface area (Å²) in [4.78, 5) is 73.9. The number of H-pyrrole nitrogens is 1. The monoisotopic (exact) mass is 564 g/mol. The molecule has 4 N–H and O–H groups in total. The van der Waals surface area contributed by atoms with Crippen LogP contribution < -0.4 is 5.56 Å². The number of nitrogens with zero attached hydrogens (tertiary/aromatic N) is 1. The summed E-state index contributed by atoms with van der Waals surface area (Å²) >= 11 is 6.67. The molecule has 1 spiro atoms. The van der Waals surface area contributed by atoms with Gasteiger partial charge in [0, 0.05) is 17.0 Å². The van der Waals surface area contributed by atoms with Gasteiger partial charge in [-0.2, -0.15) is 0 Å². The highest BCUT2D eigenvalue weighted by molar-refractivity contribution is 6.41. The van der Waals surface area contributed by atoms with Crippen LogP contribution >= 0.6 is 11.6 Å². The number of ether oxygens (including phenoxy) is 1. The predicted octanol–water partition coefficient (Wildman–Crippen LogP) is 2.45. The van der Waals surface area contributed by atoms with Gasteiger partial charge < -0.3 is 29.9 Å². The number of oxime groups is 1. The average Bonchev–Trinajstić information content (AvgIpc) is 3.43. The molecule has 2 aromatic carbocycles. The molecule has 1 aromatic heterocycles. The number of Topliss-reactive ketones (excluding diaryl/α,β-unsaturated/α-hetero) is 3. The third-order valence-electron chi connectivity index (χ3n) is 7.66. The van der Waals surface area contributed by atoms with Crippen LogP contribution in [0.3, 0.4) is 0 Å². The average molecular weight is 565 g/mol. The van der Waals surface area contributed by atoms with E-state index in [2.05, 4.69) is 15.0 Å². The summed E-state index contributed by atoms with van der Waals surface area (Å²) in [7, 11) is 2.43. The van der Waals surface area contributed by atoms with Crippen molar-refractivity contribution in [3.8, 4) is 17.2 Å². The molecule has 0 saturated carbocycles. The van der Waals surface area contributed by atoms with E-state index in [9.17, 15) is 39.3 Å². The lowest BCUT2D eigenvalue weighted by molar-refractivity contribution is 0.0790. The minimum atomic E-state index is -2.19. The van der Waals surface area contributed by atoms with Gasteiger partial charge in [0.1, 0.15) is 29.8 Å². The van der Waals surface area contributed by atoms with Gasteiger partial charge in [-0.15, -0.1) is 0 Å². The second kappa shape index (κ2) is 8.26. The third-order valence-corrected chi connectivity index (χ3v) is 8.09. The molecular weight excluding hydrogens is 548 g/mol. The molecule has 0 bridgehead atoms. The Hall–Kier alpha value is -4.97. The number of nitrogens with one attached hydrogen (secondary N) is 1. The maximum Gasteiger partial charge on any atom is 0.260 e. The zero-order chi connectivity index (χ0) is 28.8. The Morgan fingerprint density at radius 3 is 2.25 bits per heavy atom. The Kier molecular flexibility index (Phi) is 5.23. The fourth-order valence-electron chi connectivity index (χ4n) is 5.98. The van der Waals surface area contributed by atoms with E-state index >= 15 is 0 Å². The molecule has 0 amide bonds. The second-order valence-corrected chi connectivity index (χ2v) is 9.82. The summed E-state index contributed by atoms with van der Waals surface area (Å²) < 4.78 is 4.89. The molecule has 12 nitrogen and oxygen atoms in total. The van der Waals surface area contributed by atoms with Crippen LogP contribution in [0.15, 0.2) is 27.9 Å². The van der Waals surface area contributed by atoms with Crippen LogP contribution in [0.5, 0.6) is 17.2 Å². The van der Waals surface area contributed by atoms with Gasteiger partial charge in [0.2, 0.25) is 5.78 Å². The number of aromatic amines is 1. The van der Waals surface area contributed by atoms with E-state index in [1.807, 2.05) is 0 Å². The van der Waals surface area contributed by atoms with Crippen molar-refractivity contribution in [2.75, 3.05) is 14.2 Å². The maximum absolute atomic E-state index is 14.0. The van der Waals surface area contributed by atoms with Crippen LogP contribution in [0.2, 0.25) is 5.02 Å². The van der Waals surface area contributed by atoms with Crippen molar-refractivity contribution < 1.29 is 44.1 Å². The van der Waals surface area contributed by atoms with Gasteiger partial charge >= 0.3 is 0 Å². The van der Waals surface area contributed by atoms with Crippen molar-refractivity contribution in [1.29, 1.82) is 0 Å². The topological polar surface area (TPSA) is 193 Å². The van der Waals surface area contributed by atoms with E-state index < -0.39 is 79.4 Å². The second-order valence-electron chi connectivity index (χ2n) is 9.44. The number of phenols is 3.